The SMILES string of the molecule is O=C(O)C(O)C(O)[C@@H](CO)O[C@@H]1OC(C(=O)O)[C@@H](O[C@H]2OC(C(=O)O)[C@@H](O[C@H]3OC(C(=O)O)[C@@H](O[C@H]4OC(C(=O)O)[C@@H](O[C@@H]5O[C@@H](C(=O)O)[C@@H](O)C(O)C5O)[C@H](O)C4O)[C@H](O)C3O)[C@H](O)C2O)[C@H](O)C1O. The minimum absolute atomic E-state index is 1.29. The van der Waals surface area contributed by atoms with E-state index in [-0.39, 0.29) is 0 Å². The van der Waals surface area contributed by atoms with Gasteiger partial charge >= 0.3 is 35.8 Å². The zero-order chi connectivity index (χ0) is 53.4. The first-order chi connectivity index (χ1) is 33.0. The summed E-state index contributed by atoms with van der Waals surface area (Å²) in [5.74, 6) is -12.2. The monoisotopic (exact) mass is 1050 g/mol. The van der Waals surface area contributed by atoms with E-state index in [1.165, 1.54) is 0 Å². The lowest BCUT2D eigenvalue weighted by molar-refractivity contribution is -0.384. The minimum Gasteiger partial charge on any atom is -0.479 e. The lowest BCUT2D eigenvalue weighted by Crippen LogP contribution is -2.69. The Balaban J connectivity index is 1.28. The maximum absolute atomic E-state index is 12.4. The Morgan fingerprint density at radius 1 is 0.366 bits per heavy atom. The molecule has 0 radical (unpaired) electrons. The summed E-state index contributed by atoms with van der Waals surface area (Å²) in [7, 11) is 0. The van der Waals surface area contributed by atoms with Gasteiger partial charge in [-0.15, -0.1) is 0 Å². The highest BCUT2D eigenvalue weighted by Gasteiger charge is 2.60. The van der Waals surface area contributed by atoms with Gasteiger partial charge < -0.3 is 149 Å². The van der Waals surface area contributed by atoms with Crippen molar-refractivity contribution in [3.63, 3.8) is 0 Å². The van der Waals surface area contributed by atoms with Crippen LogP contribution in [0.5, 0.6) is 0 Å². The van der Waals surface area contributed by atoms with Crippen LogP contribution in [0.2, 0.25) is 0 Å². The number of carboxylic acids is 6. The number of rotatable bonds is 19. The van der Waals surface area contributed by atoms with E-state index < -0.39 is 214 Å². The lowest BCUT2D eigenvalue weighted by Gasteiger charge is -2.48. The van der Waals surface area contributed by atoms with Crippen molar-refractivity contribution >= 4 is 35.8 Å². The lowest BCUT2D eigenvalue weighted by atomic mass is 9.95. The summed E-state index contributed by atoms with van der Waals surface area (Å²) in [5.41, 5.74) is 0. The highest BCUT2D eigenvalue weighted by Crippen LogP contribution is 2.36. The van der Waals surface area contributed by atoms with Gasteiger partial charge in [0.25, 0.3) is 0 Å². The van der Waals surface area contributed by atoms with Crippen molar-refractivity contribution in [1.82, 2.24) is 0 Å². The van der Waals surface area contributed by atoms with Crippen molar-refractivity contribution in [1.29, 1.82) is 0 Å². The summed E-state index contributed by atoms with van der Waals surface area (Å²) in [6, 6.07) is 0. The van der Waals surface area contributed by atoms with Crippen LogP contribution in [-0.4, -0.2) is 316 Å². The average Bonchev–Trinajstić information content (AvgIpc) is 3.30. The van der Waals surface area contributed by atoms with Gasteiger partial charge in [-0.1, -0.05) is 0 Å². The molecule has 5 heterocycles. The number of ether oxygens (including phenoxy) is 10. The topological polar surface area (TPSA) is 599 Å². The highest BCUT2D eigenvalue weighted by atomic mass is 16.8. The molecule has 0 aromatic rings. The van der Waals surface area contributed by atoms with Gasteiger partial charge in [-0.25, -0.2) is 28.8 Å². The molecule has 0 aliphatic carbocycles. The summed E-state index contributed by atoms with van der Waals surface area (Å²) in [6.45, 7) is -1.29. The highest BCUT2D eigenvalue weighted by molar-refractivity contribution is 5.75. The number of aliphatic hydroxyl groups excluding tert-OH is 14. The van der Waals surface area contributed by atoms with E-state index in [4.69, 9.17) is 52.5 Å². The molecule has 0 amide bonds. The Hall–Kier alpha value is -4.14. The van der Waals surface area contributed by atoms with E-state index in [1.807, 2.05) is 0 Å². The molecule has 0 spiro atoms. The minimum atomic E-state index is -2.63. The summed E-state index contributed by atoms with van der Waals surface area (Å²) in [5, 5.41) is 205. The Bertz CT molecular complexity index is 1890. The molecule has 5 rings (SSSR count). The zero-order valence-electron chi connectivity index (χ0n) is 35.3. The molecular weight excluding hydrogens is 996 g/mol. The first kappa shape index (κ1) is 57.8. The van der Waals surface area contributed by atoms with Crippen LogP contribution in [0.25, 0.3) is 0 Å². The van der Waals surface area contributed by atoms with E-state index in [2.05, 4.69) is 0 Å². The molecule has 5 aliphatic rings. The van der Waals surface area contributed by atoms with Crippen molar-refractivity contribution in [2.24, 2.45) is 0 Å². The van der Waals surface area contributed by atoms with Gasteiger partial charge in [0, 0.05) is 0 Å². The van der Waals surface area contributed by atoms with E-state index >= 15 is 0 Å². The van der Waals surface area contributed by atoms with Gasteiger partial charge in [-0.2, -0.15) is 0 Å². The van der Waals surface area contributed by atoms with Crippen LogP contribution in [0.1, 0.15) is 0 Å². The Morgan fingerprint density at radius 3 is 0.887 bits per heavy atom. The fraction of sp³-hybridized carbons (Fsp3) is 0.829. The van der Waals surface area contributed by atoms with Gasteiger partial charge in [0.1, 0.15) is 104 Å². The largest absolute Gasteiger partial charge is 0.479 e. The molecule has 36 nitrogen and oxygen atoms in total. The van der Waals surface area contributed by atoms with Gasteiger partial charge in [-0.3, -0.25) is 0 Å². The fourth-order valence-corrected chi connectivity index (χ4v) is 7.74. The van der Waals surface area contributed by atoms with Crippen LogP contribution >= 0.6 is 0 Å². The molecule has 5 fully saturated rings. The summed E-state index contributed by atoms with van der Waals surface area (Å²) in [6.07, 6.45) is -69.2. The molecule has 28 atom stereocenters. The van der Waals surface area contributed by atoms with Crippen LogP contribution in [0.15, 0.2) is 0 Å². The number of aliphatic hydroxyl groups is 14. The summed E-state index contributed by atoms with van der Waals surface area (Å²) in [4.78, 5) is 71.9. The predicted molar refractivity (Wildman–Crippen MR) is 199 cm³/mol. The predicted octanol–water partition coefficient (Wildman–Crippen LogP) is -13.3. The number of carbonyl (C=O) groups is 6. The molecule has 0 aromatic heterocycles. The molecule has 36 heteroatoms. The first-order valence-electron chi connectivity index (χ1n) is 20.4. The average molecular weight is 1050 g/mol. The third kappa shape index (κ3) is 12.0. The maximum atomic E-state index is 12.4. The number of carboxylic acid groups (broad SMARTS) is 6. The third-order valence-corrected chi connectivity index (χ3v) is 11.6. The second-order valence-electron chi connectivity index (χ2n) is 16.2. The quantitative estimate of drug-likeness (QED) is 0.0571. The normalized spacial score (nSPS) is 45.5. The summed E-state index contributed by atoms with van der Waals surface area (Å²) < 4.78 is 51.5. The zero-order valence-corrected chi connectivity index (χ0v) is 35.3. The van der Waals surface area contributed by atoms with Crippen LogP contribution in [0.4, 0.5) is 0 Å². The molecule has 20 N–H and O–H groups in total. The van der Waals surface area contributed by atoms with E-state index in [9.17, 15) is 126 Å². The van der Waals surface area contributed by atoms with E-state index in [0.717, 1.165) is 0 Å². The maximum Gasteiger partial charge on any atom is 0.335 e. The van der Waals surface area contributed by atoms with Crippen LogP contribution in [0, 0.1) is 0 Å². The molecular formula is C35H50O36. The molecule has 5 saturated heterocycles. The molecule has 12 unspecified atom stereocenters. The number of aliphatic carboxylic acids is 6. The van der Waals surface area contributed by atoms with Gasteiger partial charge in [0.05, 0.1) is 6.61 Å². The molecule has 0 saturated carbocycles. The number of hydrogen-bond acceptors (Lipinski definition) is 30. The van der Waals surface area contributed by atoms with Crippen LogP contribution < -0.4 is 0 Å². The number of hydrogen-bond donors (Lipinski definition) is 20. The molecule has 5 aliphatic heterocycles. The molecule has 0 aromatic carbocycles. The Kier molecular flexibility index (Phi) is 19.0. The molecule has 406 valence electrons. The van der Waals surface area contributed by atoms with Gasteiger partial charge in [0.2, 0.25) is 0 Å². The van der Waals surface area contributed by atoms with Crippen molar-refractivity contribution < 1.29 is 178 Å². The second-order valence-corrected chi connectivity index (χ2v) is 16.2. The third-order valence-electron chi connectivity index (χ3n) is 11.6. The fourth-order valence-electron chi connectivity index (χ4n) is 7.74. The van der Waals surface area contributed by atoms with Gasteiger partial charge in [0.15, 0.2) is 68.1 Å². The van der Waals surface area contributed by atoms with Crippen molar-refractivity contribution in [3.05, 3.63) is 0 Å². The standard InChI is InChI=1S/C35H50O36/c36-1-2(3(37)10(44)25(50)51)62-31-12(46)6(40)16(21(68-31)27(54)55)64-33-14(48)8(42)18(23(70-33)29(58)59)66-35-15(49)9(43)19(24(71-35)30(60)61)65-34-13(47)7(41)17(22(69-34)28(56)57)63-32-11(45)4(38)5(39)20(67-32)26(52)53/h2-24,31-49H,1H2,(H,50,51)(H,52,53)(H,54,55)(H,56,57)(H,58,59)(H,60,61)/t2-,3?,4?,5+,6-,7-,8-,9-,10?,11?,12?,13?,14?,15?,16+,17+,18+,19+,20-,21?,22?,23?,24?,31-,32-,33+,34+,35+/m1/s1. The van der Waals surface area contributed by atoms with E-state index in [0.29, 0.717) is 0 Å². The smallest absolute Gasteiger partial charge is 0.335 e. The van der Waals surface area contributed by atoms with Crippen molar-refractivity contribution in [2.45, 2.75) is 172 Å². The Morgan fingerprint density at radius 2 is 0.620 bits per heavy atom. The summed E-state index contributed by atoms with van der Waals surface area (Å²) >= 11 is 0. The molecule has 0 bridgehead atoms. The van der Waals surface area contributed by atoms with Crippen molar-refractivity contribution in [2.75, 3.05) is 6.61 Å². The van der Waals surface area contributed by atoms with E-state index in [1.54, 1.807) is 0 Å². The first-order valence-corrected chi connectivity index (χ1v) is 20.4. The van der Waals surface area contributed by atoms with Crippen LogP contribution in [-0.2, 0) is 76.1 Å². The Labute approximate surface area is 392 Å². The second kappa shape index (κ2) is 23.4. The van der Waals surface area contributed by atoms with Crippen LogP contribution in [0.3, 0.4) is 0 Å². The van der Waals surface area contributed by atoms with Gasteiger partial charge in [-0.05, 0) is 0 Å². The molecule has 71 heavy (non-hydrogen) atoms. The van der Waals surface area contributed by atoms with Crippen molar-refractivity contribution in [3.8, 4) is 0 Å².